The number of nitrogens with zero attached hydrogens (tertiary/aromatic N) is 1. The minimum Gasteiger partial charge on any atom is -0.375 e. The lowest BCUT2D eigenvalue weighted by Gasteiger charge is -2.42. The Morgan fingerprint density at radius 2 is 2.15 bits per heavy atom. The van der Waals surface area contributed by atoms with Crippen LogP contribution in [0, 0.1) is 0 Å². The van der Waals surface area contributed by atoms with Crippen molar-refractivity contribution in [2.45, 2.75) is 36.4 Å². The number of allylic oxidation sites excluding steroid dienone is 1. The first-order chi connectivity index (χ1) is 9.46. The summed E-state index contributed by atoms with van der Waals surface area (Å²) in [7, 11) is 0. The van der Waals surface area contributed by atoms with Crippen molar-refractivity contribution < 1.29 is 4.79 Å². The summed E-state index contributed by atoms with van der Waals surface area (Å²) < 4.78 is 0.164. The molecule has 3 nitrogen and oxygen atoms in total. The molecule has 4 heteroatoms. The van der Waals surface area contributed by atoms with Crippen LogP contribution in [0.4, 0.5) is 0 Å². The molecule has 2 fully saturated rings. The lowest BCUT2D eigenvalue weighted by atomic mass is 10.0. The van der Waals surface area contributed by atoms with Crippen molar-refractivity contribution in [1.82, 2.24) is 10.2 Å². The van der Waals surface area contributed by atoms with Crippen LogP contribution in [0.2, 0.25) is 0 Å². The molecule has 3 rings (SSSR count). The van der Waals surface area contributed by atoms with Gasteiger partial charge >= 0.3 is 0 Å². The van der Waals surface area contributed by atoms with Crippen LogP contribution in [0.25, 0.3) is 0 Å². The molecular formula is C16H20N2OS. The Kier molecular flexibility index (Phi) is 3.28. The number of carbonyl (C=O) groups excluding carboxylic acids is 1. The van der Waals surface area contributed by atoms with Crippen molar-refractivity contribution in [3.8, 4) is 0 Å². The molecule has 0 aliphatic carbocycles. The maximum absolute atomic E-state index is 12.1. The fraction of sp³-hybridized carbons (Fsp3) is 0.438. The van der Waals surface area contributed by atoms with Crippen LogP contribution < -0.4 is 5.32 Å². The van der Waals surface area contributed by atoms with Gasteiger partial charge in [-0.2, -0.15) is 0 Å². The highest BCUT2D eigenvalue weighted by Gasteiger charge is 2.55. The number of amides is 1. The molecule has 0 aromatic heterocycles. The van der Waals surface area contributed by atoms with E-state index in [1.165, 1.54) is 5.56 Å². The van der Waals surface area contributed by atoms with E-state index in [2.05, 4.69) is 37.9 Å². The molecule has 20 heavy (non-hydrogen) atoms. The second-order valence-corrected chi connectivity index (χ2v) is 7.95. The number of carbonyl (C=O) groups is 1. The molecule has 0 bridgehead atoms. The van der Waals surface area contributed by atoms with Crippen molar-refractivity contribution in [3.05, 3.63) is 48.2 Å². The highest BCUT2D eigenvalue weighted by atomic mass is 32.2. The summed E-state index contributed by atoms with van der Waals surface area (Å²) in [6.45, 7) is 9.30. The molecule has 2 unspecified atom stereocenters. The van der Waals surface area contributed by atoms with Gasteiger partial charge in [0.05, 0.1) is 0 Å². The Balaban J connectivity index is 1.59. The summed E-state index contributed by atoms with van der Waals surface area (Å²) in [6, 6.07) is 10.1. The Morgan fingerprint density at radius 1 is 1.45 bits per heavy atom. The third kappa shape index (κ3) is 2.44. The lowest BCUT2D eigenvalue weighted by molar-refractivity contribution is -0.144. The molecule has 1 aromatic carbocycles. The monoisotopic (exact) mass is 288 g/mol. The van der Waals surface area contributed by atoms with Crippen LogP contribution in [-0.4, -0.2) is 33.5 Å². The first kappa shape index (κ1) is 13.6. The van der Waals surface area contributed by atoms with Gasteiger partial charge < -0.3 is 10.2 Å². The summed E-state index contributed by atoms with van der Waals surface area (Å²) in [5.41, 5.74) is 2.13. The van der Waals surface area contributed by atoms with Crippen molar-refractivity contribution in [2.24, 2.45) is 0 Å². The highest BCUT2D eigenvalue weighted by molar-refractivity contribution is 8.01. The maximum Gasteiger partial charge on any atom is 0.249 e. The summed E-state index contributed by atoms with van der Waals surface area (Å²) >= 11 is 1.88. The van der Waals surface area contributed by atoms with Gasteiger partial charge in [0.1, 0.15) is 11.4 Å². The number of rotatable bonds is 4. The second-order valence-electron chi connectivity index (χ2n) is 6.12. The Labute approximate surface area is 124 Å². The Bertz CT molecular complexity index is 541. The zero-order chi connectivity index (χ0) is 14.3. The number of β-lactam (4-membered cyclic amide) rings is 1. The fourth-order valence-electron chi connectivity index (χ4n) is 2.84. The van der Waals surface area contributed by atoms with Gasteiger partial charge in [0.15, 0.2) is 0 Å². The molecule has 2 atom stereocenters. The molecule has 1 aromatic rings. The SMILES string of the molecule is C=C(Cc1ccccc1)NC1C(=O)N2CC(C)(C)SC12. The van der Waals surface area contributed by atoms with Crippen LogP contribution in [0.1, 0.15) is 19.4 Å². The van der Waals surface area contributed by atoms with E-state index >= 15 is 0 Å². The molecule has 1 amide bonds. The van der Waals surface area contributed by atoms with Gasteiger partial charge in [-0.1, -0.05) is 36.9 Å². The van der Waals surface area contributed by atoms with E-state index in [0.717, 1.165) is 18.7 Å². The van der Waals surface area contributed by atoms with Gasteiger partial charge in [-0.05, 0) is 19.4 Å². The first-order valence-corrected chi connectivity index (χ1v) is 7.81. The van der Waals surface area contributed by atoms with Crippen molar-refractivity contribution >= 4 is 17.7 Å². The summed E-state index contributed by atoms with van der Waals surface area (Å²) in [6.07, 6.45) is 0.769. The Morgan fingerprint density at radius 3 is 2.85 bits per heavy atom. The molecule has 2 heterocycles. The number of hydrogen-bond acceptors (Lipinski definition) is 3. The van der Waals surface area contributed by atoms with Gasteiger partial charge in [-0.15, -0.1) is 11.8 Å². The number of fused-ring (bicyclic) bond motifs is 1. The first-order valence-electron chi connectivity index (χ1n) is 6.93. The third-order valence-electron chi connectivity index (χ3n) is 3.75. The van der Waals surface area contributed by atoms with E-state index in [-0.39, 0.29) is 22.1 Å². The zero-order valence-electron chi connectivity index (χ0n) is 11.9. The summed E-state index contributed by atoms with van der Waals surface area (Å²) in [4.78, 5) is 14.1. The van der Waals surface area contributed by atoms with Crippen molar-refractivity contribution in [2.75, 3.05) is 6.54 Å². The van der Waals surface area contributed by atoms with Gasteiger partial charge in [0, 0.05) is 23.4 Å². The molecule has 2 saturated heterocycles. The quantitative estimate of drug-likeness (QED) is 0.864. The number of nitrogens with one attached hydrogen (secondary N) is 1. The summed E-state index contributed by atoms with van der Waals surface area (Å²) in [5.74, 6) is 0.210. The molecule has 0 spiro atoms. The van der Waals surface area contributed by atoms with Gasteiger partial charge in [-0.3, -0.25) is 4.79 Å². The number of thioether (sulfide) groups is 1. The molecular weight excluding hydrogens is 268 g/mol. The largest absolute Gasteiger partial charge is 0.375 e. The Hall–Kier alpha value is -1.42. The number of benzene rings is 1. The van der Waals surface area contributed by atoms with E-state index in [4.69, 9.17) is 0 Å². The predicted molar refractivity (Wildman–Crippen MR) is 83.4 cm³/mol. The molecule has 2 aliphatic heterocycles. The van der Waals surface area contributed by atoms with Crippen LogP contribution in [0.15, 0.2) is 42.6 Å². The van der Waals surface area contributed by atoms with Gasteiger partial charge in [-0.25, -0.2) is 0 Å². The van der Waals surface area contributed by atoms with Crippen LogP contribution >= 0.6 is 11.8 Å². The summed E-state index contributed by atoms with van der Waals surface area (Å²) in [5, 5.41) is 3.59. The molecule has 1 N–H and O–H groups in total. The fourth-order valence-corrected chi connectivity index (χ4v) is 4.34. The molecule has 0 radical (unpaired) electrons. The average Bonchev–Trinajstić information content (AvgIpc) is 2.70. The minimum atomic E-state index is -0.0991. The van der Waals surface area contributed by atoms with Crippen LogP contribution in [0.3, 0.4) is 0 Å². The highest BCUT2D eigenvalue weighted by Crippen LogP contribution is 2.46. The topological polar surface area (TPSA) is 32.3 Å². The standard InChI is InChI=1S/C16H20N2OS/c1-11(9-12-7-5-4-6-8-12)17-13-14(19)18-10-16(2,3)20-15(13)18/h4-8,13,15,17H,1,9-10H2,2-3H3. The van der Waals surface area contributed by atoms with E-state index in [0.29, 0.717) is 0 Å². The van der Waals surface area contributed by atoms with Crippen LogP contribution in [0.5, 0.6) is 0 Å². The van der Waals surface area contributed by atoms with Crippen molar-refractivity contribution in [1.29, 1.82) is 0 Å². The smallest absolute Gasteiger partial charge is 0.249 e. The third-order valence-corrected chi connectivity index (χ3v) is 5.29. The second kappa shape index (κ2) is 4.85. The zero-order valence-corrected chi connectivity index (χ0v) is 12.7. The predicted octanol–water partition coefficient (Wildman–Crippen LogP) is 2.39. The van der Waals surface area contributed by atoms with E-state index in [9.17, 15) is 4.79 Å². The molecule has 2 aliphatic rings. The molecule has 106 valence electrons. The lowest BCUT2D eigenvalue weighted by Crippen LogP contribution is -2.66. The average molecular weight is 288 g/mol. The van der Waals surface area contributed by atoms with Gasteiger partial charge in [0.25, 0.3) is 0 Å². The molecule has 0 saturated carbocycles. The van der Waals surface area contributed by atoms with Gasteiger partial charge in [0.2, 0.25) is 5.91 Å². The van der Waals surface area contributed by atoms with E-state index in [1.54, 1.807) is 0 Å². The van der Waals surface area contributed by atoms with Crippen molar-refractivity contribution in [3.63, 3.8) is 0 Å². The minimum absolute atomic E-state index is 0.0991. The van der Waals surface area contributed by atoms with E-state index in [1.807, 2.05) is 34.9 Å². The van der Waals surface area contributed by atoms with E-state index < -0.39 is 0 Å². The maximum atomic E-state index is 12.1. The van der Waals surface area contributed by atoms with Crippen LogP contribution in [-0.2, 0) is 11.2 Å². The number of hydrogen-bond donors (Lipinski definition) is 1. The normalized spacial score (nSPS) is 26.9.